The highest BCUT2D eigenvalue weighted by molar-refractivity contribution is 5.94. The zero-order valence-corrected chi connectivity index (χ0v) is 12.2. The molecule has 0 spiro atoms. The number of aromatic nitrogens is 1. The van der Waals surface area contributed by atoms with Gasteiger partial charge >= 0.3 is 0 Å². The second kappa shape index (κ2) is 5.82. The van der Waals surface area contributed by atoms with E-state index in [4.69, 9.17) is 0 Å². The number of hydrogen-bond acceptors (Lipinski definition) is 3. The highest BCUT2D eigenvalue weighted by Gasteiger charge is 2.28. The van der Waals surface area contributed by atoms with Crippen molar-refractivity contribution in [2.75, 3.05) is 13.6 Å². The smallest absolute Gasteiger partial charge is 0.272 e. The fourth-order valence-corrected chi connectivity index (χ4v) is 3.05. The van der Waals surface area contributed by atoms with Gasteiger partial charge in [-0.3, -0.25) is 4.79 Å². The molecule has 0 radical (unpaired) electrons. The predicted molar refractivity (Wildman–Crippen MR) is 82.1 cm³/mol. The maximum Gasteiger partial charge on any atom is 0.272 e. The van der Waals surface area contributed by atoms with Crippen molar-refractivity contribution in [1.29, 1.82) is 0 Å². The van der Waals surface area contributed by atoms with E-state index in [1.807, 2.05) is 30.3 Å². The lowest BCUT2D eigenvalue weighted by Gasteiger charge is -2.23. The molecule has 110 valence electrons. The van der Waals surface area contributed by atoms with Crippen LogP contribution in [0.15, 0.2) is 36.4 Å². The van der Waals surface area contributed by atoms with Gasteiger partial charge in [0.25, 0.3) is 5.91 Å². The summed E-state index contributed by atoms with van der Waals surface area (Å²) in [5.41, 5.74) is 1.29. The highest BCUT2D eigenvalue weighted by Crippen LogP contribution is 2.26. The fraction of sp³-hybridized carbons (Fsp3) is 0.412. The summed E-state index contributed by atoms with van der Waals surface area (Å²) in [7, 11) is 1.78. The summed E-state index contributed by atoms with van der Waals surface area (Å²) in [6.07, 6.45) is 2.61. The van der Waals surface area contributed by atoms with Crippen LogP contribution in [0.1, 0.15) is 29.8 Å². The Morgan fingerprint density at radius 3 is 2.86 bits per heavy atom. The van der Waals surface area contributed by atoms with Crippen molar-refractivity contribution in [2.24, 2.45) is 5.92 Å². The van der Waals surface area contributed by atoms with E-state index in [0.717, 1.165) is 30.2 Å². The number of fused-ring (bicyclic) bond motifs is 1. The van der Waals surface area contributed by atoms with Crippen molar-refractivity contribution in [1.82, 2.24) is 9.88 Å². The monoisotopic (exact) mass is 284 g/mol. The van der Waals surface area contributed by atoms with E-state index in [-0.39, 0.29) is 17.9 Å². The molecule has 1 aliphatic rings. The van der Waals surface area contributed by atoms with Gasteiger partial charge < -0.3 is 10.0 Å². The summed E-state index contributed by atoms with van der Waals surface area (Å²) in [5.74, 6) is 0.110. The van der Waals surface area contributed by atoms with Crippen LogP contribution < -0.4 is 0 Å². The van der Waals surface area contributed by atoms with Gasteiger partial charge in [-0.25, -0.2) is 4.98 Å². The number of para-hydroxylation sites is 1. The van der Waals surface area contributed by atoms with E-state index in [1.54, 1.807) is 18.0 Å². The maximum atomic E-state index is 12.5. The molecular weight excluding hydrogens is 264 g/mol. The molecule has 3 rings (SSSR count). The second-order valence-corrected chi connectivity index (χ2v) is 5.83. The quantitative estimate of drug-likeness (QED) is 0.942. The van der Waals surface area contributed by atoms with Crippen molar-refractivity contribution < 1.29 is 9.90 Å². The Bertz CT molecular complexity index is 656. The lowest BCUT2D eigenvalue weighted by atomic mass is 10.1. The van der Waals surface area contributed by atoms with Gasteiger partial charge in [-0.1, -0.05) is 30.7 Å². The topological polar surface area (TPSA) is 53.4 Å². The molecule has 1 heterocycles. The van der Waals surface area contributed by atoms with E-state index < -0.39 is 0 Å². The van der Waals surface area contributed by atoms with E-state index >= 15 is 0 Å². The Morgan fingerprint density at radius 1 is 1.29 bits per heavy atom. The third-order valence-corrected chi connectivity index (χ3v) is 4.29. The Morgan fingerprint density at radius 2 is 2.10 bits per heavy atom. The number of pyridine rings is 1. The Hall–Kier alpha value is -1.94. The maximum absolute atomic E-state index is 12.5. The van der Waals surface area contributed by atoms with Gasteiger partial charge in [0.2, 0.25) is 0 Å². The van der Waals surface area contributed by atoms with Crippen LogP contribution in [0.2, 0.25) is 0 Å². The molecule has 4 heteroatoms. The minimum absolute atomic E-state index is 0.0835. The Balaban J connectivity index is 1.76. The molecule has 1 saturated carbocycles. The molecule has 1 aliphatic carbocycles. The van der Waals surface area contributed by atoms with Crippen LogP contribution in [0.4, 0.5) is 0 Å². The number of nitrogens with zero attached hydrogens (tertiary/aromatic N) is 2. The minimum atomic E-state index is -0.273. The first-order chi connectivity index (χ1) is 10.1. The molecule has 1 aromatic heterocycles. The average molecular weight is 284 g/mol. The summed E-state index contributed by atoms with van der Waals surface area (Å²) in [5, 5.41) is 10.9. The first-order valence-corrected chi connectivity index (χ1v) is 7.44. The van der Waals surface area contributed by atoms with Crippen molar-refractivity contribution in [3.8, 4) is 0 Å². The molecular formula is C17H20N2O2. The van der Waals surface area contributed by atoms with Crippen molar-refractivity contribution >= 4 is 16.8 Å². The van der Waals surface area contributed by atoms with E-state index in [2.05, 4.69) is 4.98 Å². The summed E-state index contributed by atoms with van der Waals surface area (Å²) in [4.78, 5) is 18.6. The Kier molecular flexibility index (Phi) is 3.88. The molecule has 1 fully saturated rings. The van der Waals surface area contributed by atoms with Crippen LogP contribution in [0.25, 0.3) is 10.9 Å². The van der Waals surface area contributed by atoms with E-state index in [0.29, 0.717) is 12.2 Å². The molecule has 21 heavy (non-hydrogen) atoms. The third kappa shape index (κ3) is 2.90. The molecule has 2 atom stereocenters. The van der Waals surface area contributed by atoms with Crippen molar-refractivity contribution in [3.05, 3.63) is 42.1 Å². The summed E-state index contributed by atoms with van der Waals surface area (Å²) in [6.45, 7) is 0.592. The van der Waals surface area contributed by atoms with Gasteiger partial charge in [-0.05, 0) is 25.0 Å². The number of hydrogen-bond donors (Lipinski definition) is 1. The number of amides is 1. The van der Waals surface area contributed by atoms with Gasteiger partial charge in [0.1, 0.15) is 5.69 Å². The van der Waals surface area contributed by atoms with Gasteiger partial charge in [0, 0.05) is 24.9 Å². The lowest BCUT2D eigenvalue weighted by molar-refractivity contribution is 0.0688. The molecule has 1 N–H and O–H groups in total. The summed E-state index contributed by atoms with van der Waals surface area (Å²) >= 11 is 0. The number of aliphatic hydroxyl groups excluding tert-OH is 1. The molecule has 0 saturated heterocycles. The molecule has 2 unspecified atom stereocenters. The van der Waals surface area contributed by atoms with Crippen LogP contribution in [-0.2, 0) is 0 Å². The number of benzene rings is 1. The second-order valence-electron chi connectivity index (χ2n) is 5.83. The largest absolute Gasteiger partial charge is 0.393 e. The number of carbonyl (C=O) groups excluding carboxylic acids is 1. The zero-order valence-electron chi connectivity index (χ0n) is 12.2. The fourth-order valence-electron chi connectivity index (χ4n) is 3.05. The standard InChI is InChI=1S/C17H20N2O2/c1-19(11-13-6-4-8-16(13)20)17(21)15-10-9-12-5-2-3-7-14(12)18-15/h2-3,5,7,9-10,13,16,20H,4,6,8,11H2,1H3. The van der Waals surface area contributed by atoms with Crippen molar-refractivity contribution in [3.63, 3.8) is 0 Å². The van der Waals surface area contributed by atoms with Crippen LogP contribution in [0, 0.1) is 5.92 Å². The molecule has 1 amide bonds. The average Bonchev–Trinajstić information content (AvgIpc) is 2.91. The highest BCUT2D eigenvalue weighted by atomic mass is 16.3. The number of rotatable bonds is 3. The van der Waals surface area contributed by atoms with E-state index in [9.17, 15) is 9.90 Å². The normalized spacial score (nSPS) is 21.6. The zero-order chi connectivity index (χ0) is 14.8. The molecule has 4 nitrogen and oxygen atoms in total. The lowest BCUT2D eigenvalue weighted by Crippen LogP contribution is -2.34. The van der Waals surface area contributed by atoms with Crippen LogP contribution in [0.5, 0.6) is 0 Å². The third-order valence-electron chi connectivity index (χ3n) is 4.29. The van der Waals surface area contributed by atoms with Crippen molar-refractivity contribution in [2.45, 2.75) is 25.4 Å². The summed E-state index contributed by atoms with van der Waals surface area (Å²) < 4.78 is 0. The van der Waals surface area contributed by atoms with Gasteiger partial charge in [-0.15, -0.1) is 0 Å². The van der Waals surface area contributed by atoms with Gasteiger partial charge in [-0.2, -0.15) is 0 Å². The minimum Gasteiger partial charge on any atom is -0.393 e. The molecule has 1 aromatic carbocycles. The first-order valence-electron chi connectivity index (χ1n) is 7.44. The van der Waals surface area contributed by atoms with Crippen LogP contribution in [0.3, 0.4) is 0 Å². The number of carbonyl (C=O) groups is 1. The SMILES string of the molecule is CN(CC1CCCC1O)C(=O)c1ccc2ccccc2n1. The molecule has 0 bridgehead atoms. The van der Waals surface area contributed by atoms with Crippen LogP contribution >= 0.6 is 0 Å². The van der Waals surface area contributed by atoms with Gasteiger partial charge in [0.05, 0.1) is 11.6 Å². The first kappa shape index (κ1) is 14.0. The summed E-state index contributed by atoms with van der Waals surface area (Å²) in [6, 6.07) is 11.5. The predicted octanol–water partition coefficient (Wildman–Crippen LogP) is 2.47. The van der Waals surface area contributed by atoms with E-state index in [1.165, 1.54) is 0 Å². The van der Waals surface area contributed by atoms with Gasteiger partial charge in [0.15, 0.2) is 0 Å². The molecule has 0 aliphatic heterocycles. The van der Waals surface area contributed by atoms with Crippen LogP contribution in [-0.4, -0.2) is 40.6 Å². The molecule has 2 aromatic rings. The number of aliphatic hydroxyl groups is 1. The Labute approximate surface area is 124 Å².